The van der Waals surface area contributed by atoms with E-state index in [1.54, 1.807) is 0 Å². The van der Waals surface area contributed by atoms with Crippen molar-refractivity contribution < 1.29 is 25.2 Å². The Morgan fingerprint density at radius 3 is 1.41 bits per heavy atom. The van der Waals surface area contributed by atoms with E-state index in [2.05, 4.69) is 117 Å². The van der Waals surface area contributed by atoms with Gasteiger partial charge in [0, 0.05) is 17.3 Å². The van der Waals surface area contributed by atoms with Gasteiger partial charge in [-0.15, -0.1) is 0 Å². The van der Waals surface area contributed by atoms with E-state index < -0.39 is 7.81 Å². The summed E-state index contributed by atoms with van der Waals surface area (Å²) in [5, 5.41) is 0. The van der Waals surface area contributed by atoms with Gasteiger partial charge in [-0.3, -0.25) is 0 Å². The van der Waals surface area contributed by atoms with Crippen molar-refractivity contribution in [2.24, 2.45) is 0 Å². The van der Waals surface area contributed by atoms with Crippen LogP contribution in [0.5, 0.6) is 0 Å². The van der Waals surface area contributed by atoms with Crippen LogP contribution < -0.4 is 0 Å². The molecule has 37 heavy (non-hydrogen) atoms. The maximum absolute atomic E-state index is 10.7. The Bertz CT molecular complexity index is 1230. The molecule has 3 rings (SSSR count). The van der Waals surface area contributed by atoms with Gasteiger partial charge in [0.05, 0.1) is 0 Å². The number of aryl methyl sites for hydroxylation is 3. The second kappa shape index (κ2) is 9.64. The molecule has 0 nitrogen and oxygen atoms in total. The van der Waals surface area contributed by atoms with Gasteiger partial charge in [-0.1, -0.05) is 77.4 Å². The molecule has 0 N–H and O–H groups in total. The fourth-order valence-corrected chi connectivity index (χ4v) is 5.10. The van der Waals surface area contributed by atoms with Crippen LogP contribution in [0.2, 0.25) is 0 Å². The van der Waals surface area contributed by atoms with Gasteiger partial charge in [-0.2, -0.15) is 0 Å². The molecule has 0 fully saturated rings. The van der Waals surface area contributed by atoms with Gasteiger partial charge in [-0.25, -0.2) is 0 Å². The summed E-state index contributed by atoms with van der Waals surface area (Å²) in [4.78, 5) is 2.72. The molecule has 206 valence electrons. The summed E-state index contributed by atoms with van der Waals surface area (Å²) in [6, 6.07) is 20.9. The number of benzene rings is 3. The number of hydrogen-bond acceptors (Lipinski definition) is 0. The molecular weight excluding hydrogens is 525 g/mol. The molecular formula is C29H37F6PS. The van der Waals surface area contributed by atoms with Gasteiger partial charge in [0.25, 0.3) is 0 Å². The van der Waals surface area contributed by atoms with Gasteiger partial charge in [0.1, 0.15) is 0 Å². The van der Waals surface area contributed by atoms with E-state index >= 15 is 0 Å². The van der Waals surface area contributed by atoms with Crippen molar-refractivity contribution in [1.82, 2.24) is 0 Å². The van der Waals surface area contributed by atoms with Crippen molar-refractivity contribution in [2.75, 3.05) is 0 Å². The van der Waals surface area contributed by atoms with E-state index in [0.29, 0.717) is 0 Å². The minimum absolute atomic E-state index is 0.130. The first-order chi connectivity index (χ1) is 16.3. The average Bonchev–Trinajstić information content (AvgIpc) is 2.65. The first-order valence-electron chi connectivity index (χ1n) is 11.9. The zero-order chi connectivity index (χ0) is 28.7. The Morgan fingerprint density at radius 2 is 1.00 bits per heavy atom. The molecule has 0 atom stereocenters. The van der Waals surface area contributed by atoms with Crippen LogP contribution in [0.3, 0.4) is 0 Å². The standard InChI is InChI=1S/C29H36S.F6P/c1-19-16-20(2)27(21(3)17-19)25-18-23(29(7,8)9)12-15-26(25)30-24-13-10-22(11-14-24)28(4,5)6;1-7(2,3,4,5)6/h10-18H,1-9H3;/q;-1/p+1. The normalized spacial score (nSPS) is 14.4. The summed E-state index contributed by atoms with van der Waals surface area (Å²) in [6.07, 6.45) is 0. The molecule has 0 aliphatic heterocycles. The topological polar surface area (TPSA) is 0 Å². The molecule has 0 bridgehead atoms. The van der Waals surface area contributed by atoms with Crippen LogP contribution in [-0.4, -0.2) is 0 Å². The molecule has 8 heteroatoms. The van der Waals surface area contributed by atoms with Gasteiger partial charge in [-0.05, 0) is 83.7 Å². The third-order valence-electron chi connectivity index (χ3n) is 5.79. The average molecular weight is 563 g/mol. The number of thiol groups is 1. The molecule has 0 radical (unpaired) electrons. The SMILES string of the molecule is Cc1cc(C)c(-c2cc(C(C)(C)C)ccc2[SH+]c2ccc(C(C)(C)C)cc2)c(C)c1.F[P-](F)(F)(F)(F)F. The summed E-state index contributed by atoms with van der Waals surface area (Å²) in [5.41, 5.74) is 9.90. The molecule has 0 aliphatic carbocycles. The Hall–Kier alpha value is -1.98. The molecule has 3 aromatic rings. The van der Waals surface area contributed by atoms with E-state index in [9.17, 15) is 25.2 Å². The molecule has 3 aromatic carbocycles. The zero-order valence-corrected chi connectivity index (χ0v) is 24.6. The Kier molecular flexibility index (Phi) is 8.14. The van der Waals surface area contributed by atoms with Crippen molar-refractivity contribution in [1.29, 1.82) is 0 Å². The Morgan fingerprint density at radius 1 is 0.595 bits per heavy atom. The molecule has 0 saturated carbocycles. The molecule has 0 aromatic heterocycles. The Balaban J connectivity index is 0.000000604. The number of hydrogen-bond donors (Lipinski definition) is 0. The molecule has 0 aliphatic rings. The van der Waals surface area contributed by atoms with Gasteiger partial charge < -0.3 is 0 Å². The van der Waals surface area contributed by atoms with Crippen molar-refractivity contribution in [2.45, 2.75) is 82.9 Å². The van der Waals surface area contributed by atoms with Crippen LogP contribution >= 0.6 is 7.81 Å². The molecule has 0 unspecified atom stereocenters. The maximum atomic E-state index is 9.87. The van der Waals surface area contributed by atoms with E-state index in [1.807, 2.05) is 0 Å². The number of halogens is 6. The summed E-state index contributed by atoms with van der Waals surface area (Å²) >= 11 is 1.26. The Labute approximate surface area is 221 Å². The van der Waals surface area contributed by atoms with E-state index in [1.165, 1.54) is 60.5 Å². The molecule has 0 amide bonds. The van der Waals surface area contributed by atoms with Gasteiger partial charge in [0.15, 0.2) is 9.79 Å². The zero-order valence-electron chi connectivity index (χ0n) is 22.9. The van der Waals surface area contributed by atoms with Crippen LogP contribution in [0.1, 0.15) is 69.4 Å². The molecule has 0 heterocycles. The van der Waals surface area contributed by atoms with Crippen molar-refractivity contribution in [3.63, 3.8) is 0 Å². The van der Waals surface area contributed by atoms with Crippen LogP contribution in [0.25, 0.3) is 11.1 Å². The predicted molar refractivity (Wildman–Crippen MR) is 149 cm³/mol. The first-order valence-corrected chi connectivity index (χ1v) is 14.8. The summed E-state index contributed by atoms with van der Waals surface area (Å²) in [6.45, 7) is 20.4. The quantitative estimate of drug-likeness (QED) is 0.129. The van der Waals surface area contributed by atoms with Crippen LogP contribution in [-0.2, 0) is 22.6 Å². The van der Waals surface area contributed by atoms with Gasteiger partial charge >= 0.3 is 33.0 Å². The van der Waals surface area contributed by atoms with Crippen LogP contribution in [0, 0.1) is 20.8 Å². The van der Waals surface area contributed by atoms with E-state index in [0.717, 1.165) is 0 Å². The monoisotopic (exact) mass is 562 g/mol. The minimum atomic E-state index is -10.7. The van der Waals surface area contributed by atoms with E-state index in [-0.39, 0.29) is 10.8 Å². The summed E-state index contributed by atoms with van der Waals surface area (Å²) < 4.78 is 59.2. The van der Waals surface area contributed by atoms with Crippen molar-refractivity contribution in [3.05, 3.63) is 82.4 Å². The van der Waals surface area contributed by atoms with E-state index in [4.69, 9.17) is 0 Å². The van der Waals surface area contributed by atoms with Crippen molar-refractivity contribution >= 4 is 19.6 Å². The second-order valence-corrected chi connectivity index (χ2v) is 14.8. The fraction of sp³-hybridized carbons (Fsp3) is 0.379. The third kappa shape index (κ3) is 10.7. The van der Waals surface area contributed by atoms with Crippen LogP contribution in [0.4, 0.5) is 25.2 Å². The molecule has 0 spiro atoms. The molecule has 0 saturated heterocycles. The van der Waals surface area contributed by atoms with Crippen LogP contribution in [0.15, 0.2) is 64.4 Å². The van der Waals surface area contributed by atoms with Gasteiger partial charge in [0.2, 0.25) is 0 Å². The summed E-state index contributed by atoms with van der Waals surface area (Å²) in [5.74, 6) is 0. The third-order valence-corrected chi connectivity index (χ3v) is 6.98. The number of rotatable bonds is 3. The summed E-state index contributed by atoms with van der Waals surface area (Å²) in [7, 11) is -10.7. The first kappa shape index (κ1) is 31.2. The second-order valence-electron chi connectivity index (χ2n) is 11.6. The fourth-order valence-electron chi connectivity index (χ4n) is 4.08. The predicted octanol–water partition coefficient (Wildman–Crippen LogP) is 11.5. The van der Waals surface area contributed by atoms with Crippen molar-refractivity contribution in [3.8, 4) is 11.1 Å².